The summed E-state index contributed by atoms with van der Waals surface area (Å²) in [5.74, 6) is 2.06. The summed E-state index contributed by atoms with van der Waals surface area (Å²) in [5, 5.41) is 6.98. The molecule has 3 heterocycles. The smallest absolute Gasteiger partial charge is 0.245 e. The van der Waals surface area contributed by atoms with Crippen LogP contribution in [0.25, 0.3) is 0 Å². The zero-order valence-electron chi connectivity index (χ0n) is 15.2. The molecular formula is C18H27N5O3. The van der Waals surface area contributed by atoms with Gasteiger partial charge in [0.2, 0.25) is 17.7 Å². The Morgan fingerprint density at radius 3 is 2.85 bits per heavy atom. The van der Waals surface area contributed by atoms with E-state index in [1.165, 1.54) is 0 Å². The minimum atomic E-state index is -0.352. The highest BCUT2D eigenvalue weighted by Crippen LogP contribution is 2.38. The van der Waals surface area contributed by atoms with Crippen LogP contribution in [0.3, 0.4) is 0 Å². The third-order valence-electron chi connectivity index (χ3n) is 5.46. The highest BCUT2D eigenvalue weighted by molar-refractivity contribution is 5.88. The Balaban J connectivity index is 1.30. The van der Waals surface area contributed by atoms with E-state index in [1.807, 2.05) is 4.90 Å². The van der Waals surface area contributed by atoms with E-state index in [2.05, 4.69) is 20.4 Å². The van der Waals surface area contributed by atoms with Crippen LogP contribution >= 0.6 is 0 Å². The van der Waals surface area contributed by atoms with Crippen molar-refractivity contribution in [3.05, 3.63) is 11.7 Å². The lowest BCUT2D eigenvalue weighted by Crippen LogP contribution is -2.48. The summed E-state index contributed by atoms with van der Waals surface area (Å²) < 4.78 is 5.33. The van der Waals surface area contributed by atoms with Crippen LogP contribution in [0.1, 0.15) is 62.6 Å². The van der Waals surface area contributed by atoms with Gasteiger partial charge < -0.3 is 14.7 Å². The molecule has 0 spiro atoms. The first-order chi connectivity index (χ1) is 12.7. The standard InChI is InChI=1S/C18H27N5O3/c24-16-5-2-1-4-14(19-16)18(25)23-9-3-8-22(10-11-23)12-15-20-17(26-21-15)13-6-7-13/h13-14H,1-12H2,(H,19,24)/t14-/m1/s1. The Kier molecular flexibility index (Phi) is 5.19. The van der Waals surface area contributed by atoms with E-state index in [4.69, 9.17) is 4.52 Å². The monoisotopic (exact) mass is 361 g/mol. The van der Waals surface area contributed by atoms with Crippen LogP contribution in [0.4, 0.5) is 0 Å². The molecule has 1 aliphatic carbocycles. The van der Waals surface area contributed by atoms with E-state index in [1.54, 1.807) is 0 Å². The Labute approximate surface area is 153 Å². The molecule has 8 nitrogen and oxygen atoms in total. The zero-order valence-corrected chi connectivity index (χ0v) is 15.2. The predicted octanol–water partition coefficient (Wildman–Crippen LogP) is 1.04. The molecule has 2 amide bonds. The van der Waals surface area contributed by atoms with Gasteiger partial charge in [-0.2, -0.15) is 4.98 Å². The van der Waals surface area contributed by atoms with E-state index in [-0.39, 0.29) is 17.9 Å². The largest absolute Gasteiger partial charge is 0.344 e. The summed E-state index contributed by atoms with van der Waals surface area (Å²) >= 11 is 0. The number of carbonyl (C=O) groups is 2. The molecular weight excluding hydrogens is 334 g/mol. The first kappa shape index (κ1) is 17.5. The van der Waals surface area contributed by atoms with Gasteiger partial charge in [-0.3, -0.25) is 14.5 Å². The molecule has 3 fully saturated rings. The fraction of sp³-hybridized carbons (Fsp3) is 0.778. The predicted molar refractivity (Wildman–Crippen MR) is 93.1 cm³/mol. The Hall–Kier alpha value is -1.96. The number of aromatic nitrogens is 2. The van der Waals surface area contributed by atoms with Crippen LogP contribution in [-0.4, -0.2) is 64.0 Å². The molecule has 2 aliphatic heterocycles. The van der Waals surface area contributed by atoms with Crippen molar-refractivity contribution in [2.45, 2.75) is 63.5 Å². The van der Waals surface area contributed by atoms with Gasteiger partial charge in [0.05, 0.1) is 6.54 Å². The van der Waals surface area contributed by atoms with Crippen LogP contribution in [0, 0.1) is 0 Å². The van der Waals surface area contributed by atoms with Gasteiger partial charge in [-0.1, -0.05) is 11.6 Å². The fourth-order valence-corrected chi connectivity index (χ4v) is 3.76. The molecule has 8 heteroatoms. The zero-order chi connectivity index (χ0) is 17.9. The second-order valence-corrected chi connectivity index (χ2v) is 7.64. The molecule has 4 rings (SSSR count). The van der Waals surface area contributed by atoms with Crippen molar-refractivity contribution < 1.29 is 14.1 Å². The molecule has 0 aromatic carbocycles. The van der Waals surface area contributed by atoms with Gasteiger partial charge >= 0.3 is 0 Å². The van der Waals surface area contributed by atoms with Crippen molar-refractivity contribution in [1.29, 1.82) is 0 Å². The molecule has 2 saturated heterocycles. The van der Waals surface area contributed by atoms with Crippen molar-refractivity contribution in [2.75, 3.05) is 26.2 Å². The number of nitrogens with zero attached hydrogens (tertiary/aromatic N) is 4. The third-order valence-corrected chi connectivity index (χ3v) is 5.46. The highest BCUT2D eigenvalue weighted by Gasteiger charge is 2.31. The Bertz CT molecular complexity index is 657. The first-order valence-corrected chi connectivity index (χ1v) is 9.82. The lowest BCUT2D eigenvalue weighted by molar-refractivity contribution is -0.136. The van der Waals surface area contributed by atoms with Crippen LogP contribution in [0.2, 0.25) is 0 Å². The average molecular weight is 361 g/mol. The van der Waals surface area contributed by atoms with Crippen molar-refractivity contribution in [3.63, 3.8) is 0 Å². The maximum Gasteiger partial charge on any atom is 0.245 e. The Morgan fingerprint density at radius 1 is 1.12 bits per heavy atom. The third kappa shape index (κ3) is 4.23. The summed E-state index contributed by atoms with van der Waals surface area (Å²) in [4.78, 5) is 33.2. The topological polar surface area (TPSA) is 91.6 Å². The van der Waals surface area contributed by atoms with Crippen LogP contribution in [0.15, 0.2) is 4.52 Å². The minimum absolute atomic E-state index is 0.000807. The first-order valence-electron chi connectivity index (χ1n) is 9.82. The number of hydrogen-bond donors (Lipinski definition) is 1. The van der Waals surface area contributed by atoms with Gasteiger partial charge in [0.1, 0.15) is 6.04 Å². The Morgan fingerprint density at radius 2 is 2.00 bits per heavy atom. The van der Waals surface area contributed by atoms with Crippen LogP contribution in [-0.2, 0) is 16.1 Å². The molecule has 26 heavy (non-hydrogen) atoms. The maximum atomic E-state index is 12.8. The van der Waals surface area contributed by atoms with Gasteiger partial charge in [-0.05, 0) is 32.1 Å². The number of hydrogen-bond acceptors (Lipinski definition) is 6. The molecule has 1 saturated carbocycles. The van der Waals surface area contributed by atoms with E-state index in [0.717, 1.165) is 69.9 Å². The van der Waals surface area contributed by atoms with Crippen molar-refractivity contribution >= 4 is 11.8 Å². The molecule has 0 unspecified atom stereocenters. The second kappa shape index (κ2) is 7.73. The van der Waals surface area contributed by atoms with Gasteiger partial charge in [0.25, 0.3) is 0 Å². The van der Waals surface area contributed by atoms with Crippen LogP contribution in [0.5, 0.6) is 0 Å². The summed E-state index contributed by atoms with van der Waals surface area (Å²) in [6.07, 6.45) is 6.30. The lowest BCUT2D eigenvalue weighted by Gasteiger charge is -2.26. The van der Waals surface area contributed by atoms with Crippen molar-refractivity contribution in [2.24, 2.45) is 0 Å². The fourth-order valence-electron chi connectivity index (χ4n) is 3.76. The van der Waals surface area contributed by atoms with E-state index < -0.39 is 0 Å². The number of rotatable bonds is 4. The minimum Gasteiger partial charge on any atom is -0.344 e. The molecule has 0 radical (unpaired) electrons. The number of amides is 2. The van der Waals surface area contributed by atoms with E-state index in [9.17, 15) is 9.59 Å². The van der Waals surface area contributed by atoms with Gasteiger partial charge in [-0.15, -0.1) is 0 Å². The number of carbonyl (C=O) groups excluding carboxylic acids is 2. The van der Waals surface area contributed by atoms with Crippen LogP contribution < -0.4 is 5.32 Å². The molecule has 1 aromatic heterocycles. The van der Waals surface area contributed by atoms with Crippen molar-refractivity contribution in [1.82, 2.24) is 25.3 Å². The summed E-state index contributed by atoms with van der Waals surface area (Å²) in [5.41, 5.74) is 0. The molecule has 0 bridgehead atoms. The quantitative estimate of drug-likeness (QED) is 0.862. The van der Waals surface area contributed by atoms with Gasteiger partial charge in [0.15, 0.2) is 5.82 Å². The van der Waals surface area contributed by atoms with E-state index >= 15 is 0 Å². The molecule has 3 aliphatic rings. The SMILES string of the molecule is O=C1CCCC[C@H](C(=O)N2CCCN(Cc3noc(C4CC4)n3)CC2)N1. The van der Waals surface area contributed by atoms with Gasteiger partial charge in [0, 0.05) is 38.5 Å². The maximum absolute atomic E-state index is 12.8. The summed E-state index contributed by atoms with van der Waals surface area (Å²) in [6, 6.07) is -0.352. The molecule has 142 valence electrons. The normalized spacial score (nSPS) is 25.5. The summed E-state index contributed by atoms with van der Waals surface area (Å²) in [7, 11) is 0. The molecule has 1 atom stereocenters. The average Bonchev–Trinajstić information content (AvgIpc) is 3.44. The molecule has 1 aromatic rings. The van der Waals surface area contributed by atoms with E-state index in [0.29, 0.717) is 25.4 Å². The van der Waals surface area contributed by atoms with Crippen molar-refractivity contribution in [3.8, 4) is 0 Å². The highest BCUT2D eigenvalue weighted by atomic mass is 16.5. The molecule has 1 N–H and O–H groups in total. The number of nitrogens with one attached hydrogen (secondary N) is 1. The summed E-state index contributed by atoms with van der Waals surface area (Å²) in [6.45, 7) is 3.78. The second-order valence-electron chi connectivity index (χ2n) is 7.64. The van der Waals surface area contributed by atoms with Gasteiger partial charge in [-0.25, -0.2) is 0 Å². The lowest BCUT2D eigenvalue weighted by atomic mass is 10.1.